The second-order valence-corrected chi connectivity index (χ2v) is 6.72. The van der Waals surface area contributed by atoms with Crippen molar-refractivity contribution >= 4 is 17.7 Å². The summed E-state index contributed by atoms with van der Waals surface area (Å²) in [5.41, 5.74) is 0. The van der Waals surface area contributed by atoms with Crippen molar-refractivity contribution < 1.29 is 19.1 Å². The molecule has 4 aliphatic heterocycles. The molecule has 3 amide bonds. The van der Waals surface area contributed by atoms with Gasteiger partial charge in [0.15, 0.2) is 0 Å². The van der Waals surface area contributed by atoms with Crippen LogP contribution < -0.4 is 10.6 Å². The van der Waals surface area contributed by atoms with E-state index in [1.54, 1.807) is 0 Å². The number of amides is 3. The zero-order chi connectivity index (χ0) is 15.3. The number of imide groups is 1. The Morgan fingerprint density at radius 2 is 1.86 bits per heavy atom. The second kappa shape index (κ2) is 5.31. The van der Waals surface area contributed by atoms with E-state index in [0.717, 1.165) is 43.7 Å². The molecule has 0 aromatic carbocycles. The van der Waals surface area contributed by atoms with Crippen LogP contribution >= 0.6 is 0 Å². The summed E-state index contributed by atoms with van der Waals surface area (Å²) in [6.45, 7) is 1.57. The van der Waals surface area contributed by atoms with Crippen molar-refractivity contribution in [1.29, 1.82) is 0 Å². The molecule has 0 spiro atoms. The minimum Gasteiger partial charge on any atom is -0.373 e. The summed E-state index contributed by atoms with van der Waals surface area (Å²) < 4.78 is 5.68. The Morgan fingerprint density at radius 1 is 1.18 bits per heavy atom. The Hall–Kier alpha value is -1.47. The molecule has 7 heteroatoms. The number of hydrogen-bond acceptors (Lipinski definition) is 5. The van der Waals surface area contributed by atoms with Crippen LogP contribution in [-0.2, 0) is 19.1 Å². The van der Waals surface area contributed by atoms with Crippen molar-refractivity contribution in [3.8, 4) is 0 Å². The van der Waals surface area contributed by atoms with Gasteiger partial charge in [0.1, 0.15) is 6.54 Å². The van der Waals surface area contributed by atoms with Crippen molar-refractivity contribution in [2.45, 2.75) is 43.9 Å². The highest BCUT2D eigenvalue weighted by Crippen LogP contribution is 2.48. The maximum atomic E-state index is 12.4. The maximum Gasteiger partial charge on any atom is 0.240 e. The van der Waals surface area contributed by atoms with Gasteiger partial charge in [-0.3, -0.25) is 19.3 Å². The fraction of sp³-hybridized carbons (Fsp3) is 0.800. The van der Waals surface area contributed by atoms with E-state index in [9.17, 15) is 14.4 Å². The van der Waals surface area contributed by atoms with Gasteiger partial charge < -0.3 is 15.4 Å². The maximum absolute atomic E-state index is 12.4. The highest BCUT2D eigenvalue weighted by molar-refractivity contribution is 6.08. The van der Waals surface area contributed by atoms with Gasteiger partial charge in [0.2, 0.25) is 17.7 Å². The summed E-state index contributed by atoms with van der Waals surface area (Å²) in [4.78, 5) is 38.2. The normalized spacial score (nSPS) is 40.2. The van der Waals surface area contributed by atoms with Crippen LogP contribution in [-0.4, -0.2) is 60.5 Å². The lowest BCUT2D eigenvalue weighted by atomic mass is 9.81. The number of likely N-dealkylation sites (tertiary alicyclic amines) is 1. The van der Waals surface area contributed by atoms with E-state index in [1.165, 1.54) is 0 Å². The van der Waals surface area contributed by atoms with Crippen LogP contribution in [0.5, 0.6) is 0 Å². The fourth-order valence-electron chi connectivity index (χ4n) is 4.32. The SMILES string of the molecule is O=C(CN1C(=O)C2C3CCC(O3)C2C1=O)N[C@H]1CCCNC1. The van der Waals surface area contributed by atoms with Gasteiger partial charge in [-0.2, -0.15) is 0 Å². The topological polar surface area (TPSA) is 87.7 Å². The summed E-state index contributed by atoms with van der Waals surface area (Å²) in [6, 6.07) is 0.0908. The molecular formula is C15H21N3O4. The van der Waals surface area contributed by atoms with Crippen molar-refractivity contribution in [2.75, 3.05) is 19.6 Å². The molecule has 4 unspecified atom stereocenters. The predicted molar refractivity (Wildman–Crippen MR) is 75.6 cm³/mol. The zero-order valence-electron chi connectivity index (χ0n) is 12.4. The molecule has 4 saturated heterocycles. The minimum absolute atomic E-state index is 0.0908. The lowest BCUT2D eigenvalue weighted by Crippen LogP contribution is -2.49. The van der Waals surface area contributed by atoms with Gasteiger partial charge in [0, 0.05) is 12.6 Å². The van der Waals surface area contributed by atoms with E-state index >= 15 is 0 Å². The van der Waals surface area contributed by atoms with Crippen LogP contribution in [0.1, 0.15) is 25.7 Å². The molecule has 0 saturated carbocycles. The number of piperidine rings is 1. The van der Waals surface area contributed by atoms with Gasteiger partial charge in [0.25, 0.3) is 0 Å². The van der Waals surface area contributed by atoms with E-state index in [-0.39, 0.29) is 54.4 Å². The van der Waals surface area contributed by atoms with Crippen LogP contribution in [0.3, 0.4) is 0 Å². The van der Waals surface area contributed by atoms with E-state index in [2.05, 4.69) is 10.6 Å². The number of ether oxygens (including phenoxy) is 1. The van der Waals surface area contributed by atoms with Crippen LogP contribution in [0, 0.1) is 11.8 Å². The third-order valence-corrected chi connectivity index (χ3v) is 5.34. The monoisotopic (exact) mass is 307 g/mol. The van der Waals surface area contributed by atoms with Crippen molar-refractivity contribution in [2.24, 2.45) is 11.8 Å². The molecule has 2 N–H and O–H groups in total. The van der Waals surface area contributed by atoms with E-state index in [1.807, 2.05) is 0 Å². The molecule has 0 aromatic heterocycles. The van der Waals surface area contributed by atoms with Crippen LogP contribution in [0.25, 0.3) is 0 Å². The Bertz CT molecular complexity index is 489. The van der Waals surface area contributed by atoms with Crippen LogP contribution in [0.2, 0.25) is 0 Å². The second-order valence-electron chi connectivity index (χ2n) is 6.72. The quantitative estimate of drug-likeness (QED) is 0.654. The number of carbonyl (C=O) groups excluding carboxylic acids is 3. The van der Waals surface area contributed by atoms with Gasteiger partial charge in [-0.1, -0.05) is 0 Å². The Balaban J connectivity index is 1.39. The molecule has 7 nitrogen and oxygen atoms in total. The fourth-order valence-corrected chi connectivity index (χ4v) is 4.32. The van der Waals surface area contributed by atoms with Crippen LogP contribution in [0.15, 0.2) is 0 Å². The standard InChI is InChI=1S/C15H21N3O4/c19-11(17-8-2-1-5-16-6-8)7-18-14(20)12-9-3-4-10(22-9)13(12)15(18)21/h8-10,12-13,16H,1-7H2,(H,17,19)/t8-,9?,10?,12?,13?/m0/s1. The number of carbonyl (C=O) groups is 3. The number of nitrogens with zero attached hydrogens (tertiary/aromatic N) is 1. The average Bonchev–Trinajstić information content (AvgIpc) is 3.18. The summed E-state index contributed by atoms with van der Waals surface area (Å²) in [6.07, 6.45) is 3.41. The number of nitrogens with one attached hydrogen (secondary N) is 2. The molecule has 4 aliphatic rings. The Kier molecular flexibility index (Phi) is 3.41. The number of hydrogen-bond donors (Lipinski definition) is 2. The predicted octanol–water partition coefficient (Wildman–Crippen LogP) is -0.983. The summed E-state index contributed by atoms with van der Waals surface area (Å²) >= 11 is 0. The summed E-state index contributed by atoms with van der Waals surface area (Å²) in [5, 5.41) is 6.14. The average molecular weight is 307 g/mol. The molecule has 2 bridgehead atoms. The number of fused-ring (bicyclic) bond motifs is 5. The molecule has 5 atom stereocenters. The van der Waals surface area contributed by atoms with E-state index in [4.69, 9.17) is 4.74 Å². The molecule has 22 heavy (non-hydrogen) atoms. The third-order valence-electron chi connectivity index (χ3n) is 5.34. The van der Waals surface area contributed by atoms with Crippen LogP contribution in [0.4, 0.5) is 0 Å². The molecule has 0 aliphatic carbocycles. The van der Waals surface area contributed by atoms with Crippen molar-refractivity contribution in [3.63, 3.8) is 0 Å². The highest BCUT2D eigenvalue weighted by Gasteiger charge is 2.62. The van der Waals surface area contributed by atoms with Gasteiger partial charge in [-0.05, 0) is 32.2 Å². The zero-order valence-corrected chi connectivity index (χ0v) is 12.4. The molecule has 4 heterocycles. The first-order chi connectivity index (χ1) is 10.6. The van der Waals surface area contributed by atoms with E-state index < -0.39 is 0 Å². The lowest BCUT2D eigenvalue weighted by Gasteiger charge is -2.25. The van der Waals surface area contributed by atoms with Gasteiger partial charge in [-0.15, -0.1) is 0 Å². The third kappa shape index (κ3) is 2.14. The molecule has 120 valence electrons. The molecular weight excluding hydrogens is 286 g/mol. The molecule has 0 radical (unpaired) electrons. The first-order valence-corrected chi connectivity index (χ1v) is 8.16. The first-order valence-electron chi connectivity index (χ1n) is 8.16. The molecule has 4 fully saturated rings. The smallest absolute Gasteiger partial charge is 0.240 e. The van der Waals surface area contributed by atoms with Gasteiger partial charge in [0.05, 0.1) is 24.0 Å². The highest BCUT2D eigenvalue weighted by atomic mass is 16.5. The van der Waals surface area contributed by atoms with E-state index in [0.29, 0.717) is 0 Å². The number of rotatable bonds is 3. The Labute approximate surface area is 128 Å². The first kappa shape index (κ1) is 14.1. The molecule has 0 aromatic rings. The van der Waals surface area contributed by atoms with Gasteiger partial charge in [-0.25, -0.2) is 0 Å². The Morgan fingerprint density at radius 3 is 2.45 bits per heavy atom. The summed E-state index contributed by atoms with van der Waals surface area (Å²) in [7, 11) is 0. The van der Waals surface area contributed by atoms with Gasteiger partial charge >= 0.3 is 0 Å². The lowest BCUT2D eigenvalue weighted by molar-refractivity contribution is -0.146. The van der Waals surface area contributed by atoms with Crippen molar-refractivity contribution in [1.82, 2.24) is 15.5 Å². The minimum atomic E-state index is -0.351. The summed E-state index contributed by atoms with van der Waals surface area (Å²) in [5.74, 6) is -1.40. The molecule has 4 rings (SSSR count). The largest absolute Gasteiger partial charge is 0.373 e. The van der Waals surface area contributed by atoms with Crippen molar-refractivity contribution in [3.05, 3.63) is 0 Å².